The molecule has 3 atom stereocenters. The van der Waals surface area contributed by atoms with Crippen LogP contribution in [0.3, 0.4) is 0 Å². The lowest BCUT2D eigenvalue weighted by molar-refractivity contribution is -0.153. The van der Waals surface area contributed by atoms with Crippen molar-refractivity contribution in [1.29, 1.82) is 5.26 Å². The molecular weight excluding hydrogens is 166 g/mol. The number of nitrogens with zero attached hydrogens (tertiary/aromatic N) is 1. The summed E-state index contributed by atoms with van der Waals surface area (Å²) in [6.45, 7) is 1.36. The molecule has 2 aliphatic carbocycles. The average Bonchev–Trinajstić information content (AvgIpc) is 2.62. The van der Waals surface area contributed by atoms with Crippen LogP contribution in [-0.4, -0.2) is 11.6 Å². The van der Waals surface area contributed by atoms with Gasteiger partial charge in [0, 0.05) is 19.3 Å². The molecule has 0 heterocycles. The van der Waals surface area contributed by atoms with Crippen molar-refractivity contribution in [1.82, 2.24) is 0 Å². The van der Waals surface area contributed by atoms with Crippen LogP contribution in [0.4, 0.5) is 0 Å². The van der Waals surface area contributed by atoms with E-state index < -0.39 is 5.60 Å². The van der Waals surface area contributed by atoms with Crippen molar-refractivity contribution >= 4 is 5.97 Å². The Morgan fingerprint density at radius 3 is 2.85 bits per heavy atom. The van der Waals surface area contributed by atoms with Gasteiger partial charge in [0.2, 0.25) is 5.60 Å². The van der Waals surface area contributed by atoms with Crippen molar-refractivity contribution in [3.05, 3.63) is 12.2 Å². The molecular formula is C10H11NO2. The fourth-order valence-corrected chi connectivity index (χ4v) is 2.34. The standard InChI is InChI=1S/C10H11NO2/c1-7(12)13-10(6-11)5-8-2-3-9(10)4-8/h2-3,8-9H,4-5H2,1H3/t8-,9+,10?/m1/s1. The first kappa shape index (κ1) is 8.31. The quantitative estimate of drug-likeness (QED) is 0.449. The van der Waals surface area contributed by atoms with Gasteiger partial charge in [0.15, 0.2) is 0 Å². The van der Waals surface area contributed by atoms with Crippen LogP contribution < -0.4 is 0 Å². The van der Waals surface area contributed by atoms with Gasteiger partial charge in [-0.15, -0.1) is 0 Å². The maximum Gasteiger partial charge on any atom is 0.304 e. The summed E-state index contributed by atoms with van der Waals surface area (Å²) in [5.41, 5.74) is -0.856. The molecule has 0 saturated heterocycles. The second-order valence-electron chi connectivity index (χ2n) is 3.79. The molecule has 2 rings (SSSR count). The molecule has 1 unspecified atom stereocenters. The number of ether oxygens (including phenoxy) is 1. The molecule has 2 bridgehead atoms. The summed E-state index contributed by atoms with van der Waals surface area (Å²) in [5.74, 6) is 0.193. The van der Waals surface area contributed by atoms with E-state index in [2.05, 4.69) is 12.1 Å². The van der Waals surface area contributed by atoms with E-state index in [-0.39, 0.29) is 11.9 Å². The average molecular weight is 177 g/mol. The van der Waals surface area contributed by atoms with Gasteiger partial charge >= 0.3 is 5.97 Å². The summed E-state index contributed by atoms with van der Waals surface area (Å²) >= 11 is 0. The van der Waals surface area contributed by atoms with Gasteiger partial charge in [-0.1, -0.05) is 12.2 Å². The fourth-order valence-electron chi connectivity index (χ4n) is 2.34. The summed E-state index contributed by atoms with van der Waals surface area (Å²) < 4.78 is 5.13. The Hall–Kier alpha value is -1.30. The Labute approximate surface area is 77.0 Å². The van der Waals surface area contributed by atoms with E-state index in [1.165, 1.54) is 6.92 Å². The van der Waals surface area contributed by atoms with Crippen LogP contribution in [0, 0.1) is 23.2 Å². The van der Waals surface area contributed by atoms with Gasteiger partial charge in [0.25, 0.3) is 0 Å². The summed E-state index contributed by atoms with van der Waals surface area (Å²) in [7, 11) is 0. The minimum Gasteiger partial charge on any atom is -0.443 e. The van der Waals surface area contributed by atoms with E-state index in [9.17, 15) is 4.79 Å². The number of hydrogen-bond donors (Lipinski definition) is 0. The minimum absolute atomic E-state index is 0.117. The smallest absolute Gasteiger partial charge is 0.304 e. The molecule has 0 aromatic carbocycles. The number of rotatable bonds is 1. The van der Waals surface area contributed by atoms with Crippen LogP contribution in [0.25, 0.3) is 0 Å². The lowest BCUT2D eigenvalue weighted by atomic mass is 9.89. The topological polar surface area (TPSA) is 50.1 Å². The van der Waals surface area contributed by atoms with Gasteiger partial charge in [0.1, 0.15) is 6.07 Å². The SMILES string of the molecule is CC(=O)OC1(C#N)C[C@@H]2C=C[C@H]1C2. The Bertz CT molecular complexity index is 315. The fraction of sp³-hybridized carbons (Fsp3) is 0.600. The van der Waals surface area contributed by atoms with Gasteiger partial charge in [-0.3, -0.25) is 4.79 Å². The van der Waals surface area contributed by atoms with Crippen LogP contribution in [0.1, 0.15) is 19.8 Å². The highest BCUT2D eigenvalue weighted by molar-refractivity contribution is 5.67. The summed E-state index contributed by atoms with van der Waals surface area (Å²) in [5, 5.41) is 9.03. The molecule has 3 heteroatoms. The Morgan fingerprint density at radius 2 is 2.46 bits per heavy atom. The molecule has 0 spiro atoms. The molecule has 0 amide bonds. The highest BCUT2D eigenvalue weighted by Crippen LogP contribution is 2.48. The number of nitriles is 1. The Kier molecular flexibility index (Phi) is 1.66. The van der Waals surface area contributed by atoms with Gasteiger partial charge in [-0.05, 0) is 12.3 Å². The Balaban J connectivity index is 2.24. The highest BCUT2D eigenvalue weighted by Gasteiger charge is 2.51. The lowest BCUT2D eigenvalue weighted by Gasteiger charge is -2.27. The molecule has 0 aromatic rings. The molecule has 0 radical (unpaired) electrons. The first-order valence-electron chi connectivity index (χ1n) is 4.45. The third-order valence-electron chi connectivity index (χ3n) is 2.85. The van der Waals surface area contributed by atoms with E-state index >= 15 is 0 Å². The van der Waals surface area contributed by atoms with Gasteiger partial charge in [0.05, 0.1) is 0 Å². The van der Waals surface area contributed by atoms with Crippen molar-refractivity contribution in [3.63, 3.8) is 0 Å². The number of esters is 1. The highest BCUT2D eigenvalue weighted by atomic mass is 16.6. The molecule has 68 valence electrons. The number of allylic oxidation sites excluding steroid dienone is 1. The number of carbonyl (C=O) groups is 1. The molecule has 0 N–H and O–H groups in total. The van der Waals surface area contributed by atoms with Crippen LogP contribution >= 0.6 is 0 Å². The molecule has 3 nitrogen and oxygen atoms in total. The van der Waals surface area contributed by atoms with E-state index in [1.54, 1.807) is 0 Å². The second-order valence-corrected chi connectivity index (χ2v) is 3.79. The zero-order valence-corrected chi connectivity index (χ0v) is 7.49. The summed E-state index contributed by atoms with van der Waals surface area (Å²) in [4.78, 5) is 10.8. The number of carbonyl (C=O) groups excluding carboxylic acids is 1. The third-order valence-corrected chi connectivity index (χ3v) is 2.85. The predicted molar refractivity (Wildman–Crippen MR) is 45.5 cm³/mol. The van der Waals surface area contributed by atoms with Crippen LogP contribution in [0.5, 0.6) is 0 Å². The lowest BCUT2D eigenvalue weighted by Crippen LogP contribution is -2.36. The first-order chi connectivity index (χ1) is 6.16. The van der Waals surface area contributed by atoms with Crippen molar-refractivity contribution in [3.8, 4) is 6.07 Å². The largest absolute Gasteiger partial charge is 0.443 e. The first-order valence-corrected chi connectivity index (χ1v) is 4.45. The molecule has 13 heavy (non-hydrogen) atoms. The van der Waals surface area contributed by atoms with Gasteiger partial charge in [-0.2, -0.15) is 5.26 Å². The minimum atomic E-state index is -0.856. The van der Waals surface area contributed by atoms with Crippen molar-refractivity contribution < 1.29 is 9.53 Å². The van der Waals surface area contributed by atoms with Crippen LogP contribution in [0.15, 0.2) is 12.2 Å². The van der Waals surface area contributed by atoms with E-state index in [0.29, 0.717) is 12.3 Å². The zero-order valence-electron chi connectivity index (χ0n) is 7.49. The summed E-state index contributed by atoms with van der Waals surface area (Å²) in [6.07, 6.45) is 5.75. The van der Waals surface area contributed by atoms with E-state index in [4.69, 9.17) is 10.00 Å². The molecule has 1 saturated carbocycles. The van der Waals surface area contributed by atoms with Crippen molar-refractivity contribution in [2.45, 2.75) is 25.4 Å². The van der Waals surface area contributed by atoms with Gasteiger partial charge in [-0.25, -0.2) is 0 Å². The molecule has 0 aromatic heterocycles. The van der Waals surface area contributed by atoms with E-state index in [0.717, 1.165) is 6.42 Å². The number of fused-ring (bicyclic) bond motifs is 2. The van der Waals surface area contributed by atoms with E-state index in [1.807, 2.05) is 6.08 Å². The van der Waals surface area contributed by atoms with Crippen molar-refractivity contribution in [2.75, 3.05) is 0 Å². The zero-order chi connectivity index (χ0) is 9.47. The van der Waals surface area contributed by atoms with Gasteiger partial charge < -0.3 is 4.74 Å². The molecule has 1 fully saturated rings. The van der Waals surface area contributed by atoms with Crippen LogP contribution in [0.2, 0.25) is 0 Å². The normalized spacial score (nSPS) is 40.3. The Morgan fingerprint density at radius 1 is 1.69 bits per heavy atom. The monoisotopic (exact) mass is 177 g/mol. The maximum absolute atomic E-state index is 10.8. The third kappa shape index (κ3) is 1.14. The number of hydrogen-bond acceptors (Lipinski definition) is 3. The maximum atomic E-state index is 10.8. The predicted octanol–water partition coefficient (Wildman–Crippen LogP) is 1.41. The summed E-state index contributed by atoms with van der Waals surface area (Å²) in [6, 6.07) is 2.15. The van der Waals surface area contributed by atoms with Crippen molar-refractivity contribution in [2.24, 2.45) is 11.8 Å². The van der Waals surface area contributed by atoms with Crippen LogP contribution in [-0.2, 0) is 9.53 Å². The molecule has 0 aliphatic heterocycles. The second kappa shape index (κ2) is 2.59. The molecule has 2 aliphatic rings.